The van der Waals surface area contributed by atoms with Crippen LogP contribution in [0, 0.1) is 5.82 Å². The highest BCUT2D eigenvalue weighted by Gasteiger charge is 2.23. The van der Waals surface area contributed by atoms with Gasteiger partial charge in [0.2, 0.25) is 0 Å². The molecular formula is C24H21FN2. The predicted octanol–water partition coefficient (Wildman–Crippen LogP) is 5.57. The van der Waals surface area contributed by atoms with Gasteiger partial charge in [0, 0.05) is 24.0 Å². The van der Waals surface area contributed by atoms with E-state index in [0.29, 0.717) is 0 Å². The lowest BCUT2D eigenvalue weighted by Crippen LogP contribution is -2.31. The highest BCUT2D eigenvalue weighted by molar-refractivity contribution is 6.09. The maximum absolute atomic E-state index is 13.5. The molecule has 0 saturated carbocycles. The van der Waals surface area contributed by atoms with Crippen molar-refractivity contribution in [3.05, 3.63) is 77.6 Å². The third-order valence-corrected chi connectivity index (χ3v) is 5.72. The fourth-order valence-electron chi connectivity index (χ4n) is 4.29. The molecular weight excluding hydrogens is 335 g/mol. The summed E-state index contributed by atoms with van der Waals surface area (Å²) < 4.78 is 13.5. The molecule has 134 valence electrons. The highest BCUT2D eigenvalue weighted by Crippen LogP contribution is 2.37. The zero-order chi connectivity index (χ0) is 18.4. The Bertz CT molecular complexity index is 1150. The molecule has 0 fully saturated rings. The Hall–Kier alpha value is -2.78. The first-order valence-electron chi connectivity index (χ1n) is 9.56. The van der Waals surface area contributed by atoms with Crippen molar-refractivity contribution in [3.63, 3.8) is 0 Å². The molecule has 0 unspecified atom stereocenters. The van der Waals surface area contributed by atoms with E-state index in [-0.39, 0.29) is 5.82 Å². The summed E-state index contributed by atoms with van der Waals surface area (Å²) in [5.74, 6) is -0.213. The average molecular weight is 356 g/mol. The number of rotatable bonds is 2. The van der Waals surface area contributed by atoms with Crippen LogP contribution in [0.15, 0.2) is 60.7 Å². The minimum Gasteiger partial charge on any atom is -0.299 e. The molecule has 3 heteroatoms. The fraction of sp³-hybridized carbons (Fsp3) is 0.208. The maximum atomic E-state index is 13.5. The lowest BCUT2D eigenvalue weighted by molar-refractivity contribution is 0.269. The molecule has 1 aliphatic heterocycles. The largest absolute Gasteiger partial charge is 0.299 e. The molecule has 1 aliphatic rings. The topological polar surface area (TPSA) is 16.1 Å². The Morgan fingerprint density at radius 1 is 0.963 bits per heavy atom. The molecule has 0 amide bonds. The van der Waals surface area contributed by atoms with E-state index in [4.69, 9.17) is 4.98 Å². The third kappa shape index (κ3) is 2.70. The van der Waals surface area contributed by atoms with Gasteiger partial charge in [-0.25, -0.2) is 9.37 Å². The van der Waals surface area contributed by atoms with E-state index in [2.05, 4.69) is 48.2 Å². The molecule has 27 heavy (non-hydrogen) atoms. The number of benzene rings is 3. The van der Waals surface area contributed by atoms with Gasteiger partial charge in [0.05, 0.1) is 11.2 Å². The second kappa shape index (κ2) is 6.43. The number of pyridine rings is 1. The van der Waals surface area contributed by atoms with Crippen molar-refractivity contribution in [3.8, 4) is 11.3 Å². The van der Waals surface area contributed by atoms with E-state index >= 15 is 0 Å². The van der Waals surface area contributed by atoms with Crippen LogP contribution < -0.4 is 0 Å². The minimum atomic E-state index is -0.213. The molecule has 0 atom stereocenters. The van der Waals surface area contributed by atoms with Crippen molar-refractivity contribution in [2.24, 2.45) is 0 Å². The minimum absolute atomic E-state index is 0.213. The number of likely N-dealkylation sites (N-methyl/N-ethyl adjacent to an activating group) is 1. The van der Waals surface area contributed by atoms with Gasteiger partial charge in [0.1, 0.15) is 5.82 Å². The monoisotopic (exact) mass is 356 g/mol. The summed E-state index contributed by atoms with van der Waals surface area (Å²) in [5.41, 5.74) is 5.70. The predicted molar refractivity (Wildman–Crippen MR) is 109 cm³/mol. The lowest BCUT2D eigenvalue weighted by Gasteiger charge is -2.30. The van der Waals surface area contributed by atoms with E-state index < -0.39 is 0 Å². The van der Waals surface area contributed by atoms with Gasteiger partial charge in [-0.3, -0.25) is 4.90 Å². The summed E-state index contributed by atoms with van der Waals surface area (Å²) in [6.45, 7) is 5.18. The van der Waals surface area contributed by atoms with Gasteiger partial charge < -0.3 is 0 Å². The quantitative estimate of drug-likeness (QED) is 0.436. The molecule has 4 aromatic rings. The molecule has 5 rings (SSSR count). The van der Waals surface area contributed by atoms with Crippen molar-refractivity contribution < 1.29 is 4.39 Å². The molecule has 0 saturated heterocycles. The Kier molecular flexibility index (Phi) is 3.91. The zero-order valence-corrected chi connectivity index (χ0v) is 15.4. The van der Waals surface area contributed by atoms with Gasteiger partial charge in [-0.15, -0.1) is 0 Å². The SMILES string of the molecule is CCN1CCc2c(c(-c3ccc(F)cc3)nc3ccc4ccccc4c23)C1. The number of fused-ring (bicyclic) bond motifs is 5. The van der Waals surface area contributed by atoms with Gasteiger partial charge in [0.15, 0.2) is 0 Å². The average Bonchev–Trinajstić information content (AvgIpc) is 2.73. The molecule has 0 spiro atoms. The normalized spacial score (nSPS) is 14.6. The van der Waals surface area contributed by atoms with Crippen LogP contribution >= 0.6 is 0 Å². The van der Waals surface area contributed by atoms with Crippen molar-refractivity contribution in [1.29, 1.82) is 0 Å². The van der Waals surface area contributed by atoms with Gasteiger partial charge in [-0.1, -0.05) is 37.3 Å². The molecule has 2 heterocycles. The van der Waals surface area contributed by atoms with Gasteiger partial charge in [-0.05, 0) is 65.2 Å². The van der Waals surface area contributed by atoms with E-state index in [1.165, 1.54) is 39.4 Å². The lowest BCUT2D eigenvalue weighted by atomic mass is 9.89. The Balaban J connectivity index is 1.85. The molecule has 0 radical (unpaired) electrons. The Morgan fingerprint density at radius 2 is 1.78 bits per heavy atom. The van der Waals surface area contributed by atoms with E-state index in [1.807, 2.05) is 12.1 Å². The number of hydrogen-bond donors (Lipinski definition) is 0. The Labute approximate surface area is 158 Å². The van der Waals surface area contributed by atoms with Crippen molar-refractivity contribution >= 4 is 21.7 Å². The number of nitrogens with zero attached hydrogens (tertiary/aromatic N) is 2. The summed E-state index contributed by atoms with van der Waals surface area (Å²) in [5, 5.41) is 3.81. The smallest absolute Gasteiger partial charge is 0.123 e. The van der Waals surface area contributed by atoms with Crippen LogP contribution in [0.5, 0.6) is 0 Å². The first kappa shape index (κ1) is 16.4. The second-order valence-corrected chi connectivity index (χ2v) is 7.22. The summed E-state index contributed by atoms with van der Waals surface area (Å²) in [4.78, 5) is 7.51. The first-order chi connectivity index (χ1) is 13.2. The van der Waals surface area contributed by atoms with E-state index in [1.54, 1.807) is 0 Å². The fourth-order valence-corrected chi connectivity index (χ4v) is 4.29. The number of aromatic nitrogens is 1. The van der Waals surface area contributed by atoms with Crippen LogP contribution in [-0.2, 0) is 13.0 Å². The van der Waals surface area contributed by atoms with E-state index in [9.17, 15) is 4.39 Å². The van der Waals surface area contributed by atoms with Gasteiger partial charge in [-0.2, -0.15) is 0 Å². The van der Waals surface area contributed by atoms with Crippen LogP contribution in [0.3, 0.4) is 0 Å². The summed E-state index contributed by atoms with van der Waals surface area (Å²) in [6.07, 6.45) is 1.02. The van der Waals surface area contributed by atoms with Crippen LogP contribution in [0.25, 0.3) is 32.9 Å². The second-order valence-electron chi connectivity index (χ2n) is 7.22. The number of halogens is 1. The number of hydrogen-bond acceptors (Lipinski definition) is 2. The van der Waals surface area contributed by atoms with E-state index in [0.717, 1.165) is 42.8 Å². The van der Waals surface area contributed by atoms with Crippen molar-refractivity contribution in [2.45, 2.75) is 19.9 Å². The standard InChI is InChI=1S/C24H21FN2/c1-2-27-14-13-20-21(15-27)24(17-7-10-18(25)11-8-17)26-22-12-9-16-5-3-4-6-19(16)23(20)22/h3-12H,2,13-15H2,1H3. The van der Waals surface area contributed by atoms with Crippen molar-refractivity contribution in [1.82, 2.24) is 9.88 Å². The third-order valence-electron chi connectivity index (χ3n) is 5.72. The molecule has 3 aromatic carbocycles. The van der Waals surface area contributed by atoms with Gasteiger partial charge in [0.25, 0.3) is 0 Å². The Morgan fingerprint density at radius 3 is 2.59 bits per heavy atom. The molecule has 2 nitrogen and oxygen atoms in total. The molecule has 0 N–H and O–H groups in total. The molecule has 0 aliphatic carbocycles. The van der Waals surface area contributed by atoms with Crippen LogP contribution in [-0.4, -0.2) is 23.0 Å². The van der Waals surface area contributed by atoms with Gasteiger partial charge >= 0.3 is 0 Å². The molecule has 0 bridgehead atoms. The van der Waals surface area contributed by atoms with Crippen LogP contribution in [0.4, 0.5) is 4.39 Å². The first-order valence-corrected chi connectivity index (χ1v) is 9.56. The van der Waals surface area contributed by atoms with Crippen LogP contribution in [0.1, 0.15) is 18.1 Å². The summed E-state index contributed by atoms with van der Waals surface area (Å²) >= 11 is 0. The maximum Gasteiger partial charge on any atom is 0.123 e. The van der Waals surface area contributed by atoms with Crippen molar-refractivity contribution in [2.75, 3.05) is 13.1 Å². The highest BCUT2D eigenvalue weighted by atomic mass is 19.1. The summed E-state index contributed by atoms with van der Waals surface area (Å²) in [6, 6.07) is 19.5. The zero-order valence-electron chi connectivity index (χ0n) is 15.4. The summed E-state index contributed by atoms with van der Waals surface area (Å²) in [7, 11) is 0. The molecule has 1 aromatic heterocycles. The van der Waals surface area contributed by atoms with Crippen LogP contribution in [0.2, 0.25) is 0 Å².